The first-order valence-electron chi connectivity index (χ1n) is 7.69. The van der Waals surface area contributed by atoms with Crippen LogP contribution in [0.25, 0.3) is 11.2 Å². The van der Waals surface area contributed by atoms with Gasteiger partial charge in [0.1, 0.15) is 5.52 Å². The van der Waals surface area contributed by atoms with Crippen LogP contribution in [-0.4, -0.2) is 51.3 Å². The average molecular weight is 290 g/mol. The Morgan fingerprint density at radius 1 is 1.19 bits per heavy atom. The van der Waals surface area contributed by atoms with E-state index in [2.05, 4.69) is 30.2 Å². The van der Waals surface area contributed by atoms with Crippen LogP contribution < -0.4 is 10.2 Å². The van der Waals surface area contributed by atoms with Gasteiger partial charge in [0.2, 0.25) is 5.95 Å². The number of rotatable bonds is 5. The highest BCUT2D eigenvalue weighted by atomic mass is 16.3. The molecule has 1 fully saturated rings. The molecule has 0 saturated carbocycles. The van der Waals surface area contributed by atoms with E-state index in [1.54, 1.807) is 6.33 Å². The zero-order valence-electron chi connectivity index (χ0n) is 12.2. The summed E-state index contributed by atoms with van der Waals surface area (Å²) in [4.78, 5) is 18.8. The van der Waals surface area contributed by atoms with E-state index in [-0.39, 0.29) is 6.61 Å². The molecular formula is C14H22N6O. The number of imidazole rings is 1. The van der Waals surface area contributed by atoms with Gasteiger partial charge in [-0.3, -0.25) is 0 Å². The molecule has 7 heteroatoms. The molecule has 3 heterocycles. The molecule has 1 saturated heterocycles. The van der Waals surface area contributed by atoms with Gasteiger partial charge in [-0.1, -0.05) is 12.8 Å². The van der Waals surface area contributed by atoms with E-state index in [1.807, 2.05) is 0 Å². The van der Waals surface area contributed by atoms with E-state index in [1.165, 1.54) is 25.7 Å². The Hall–Kier alpha value is -1.89. The molecule has 0 spiro atoms. The van der Waals surface area contributed by atoms with Crippen LogP contribution in [0.5, 0.6) is 0 Å². The summed E-state index contributed by atoms with van der Waals surface area (Å²) in [6.07, 6.45) is 7.32. The van der Waals surface area contributed by atoms with Gasteiger partial charge in [0.05, 0.1) is 6.33 Å². The van der Waals surface area contributed by atoms with Crippen molar-refractivity contribution >= 4 is 22.9 Å². The number of hydrogen-bond donors (Lipinski definition) is 3. The second-order valence-corrected chi connectivity index (χ2v) is 5.38. The van der Waals surface area contributed by atoms with Crippen molar-refractivity contribution in [1.82, 2.24) is 19.9 Å². The number of H-pyrrole nitrogens is 1. The maximum absolute atomic E-state index is 8.87. The first-order chi connectivity index (χ1) is 10.4. The van der Waals surface area contributed by atoms with Gasteiger partial charge in [0.15, 0.2) is 11.5 Å². The van der Waals surface area contributed by atoms with E-state index in [0.717, 1.165) is 24.4 Å². The van der Waals surface area contributed by atoms with E-state index >= 15 is 0 Å². The van der Waals surface area contributed by atoms with Gasteiger partial charge in [-0.05, 0) is 19.3 Å². The number of hydrogen-bond acceptors (Lipinski definition) is 6. The molecule has 21 heavy (non-hydrogen) atoms. The molecule has 1 aliphatic rings. The third kappa shape index (κ3) is 3.24. The van der Waals surface area contributed by atoms with E-state index < -0.39 is 0 Å². The molecule has 0 radical (unpaired) electrons. The lowest BCUT2D eigenvalue weighted by Crippen LogP contribution is -2.26. The third-order valence-electron chi connectivity index (χ3n) is 3.79. The fourth-order valence-corrected chi connectivity index (χ4v) is 2.69. The maximum Gasteiger partial charge on any atom is 0.226 e. The van der Waals surface area contributed by atoms with Crippen molar-refractivity contribution in [3.8, 4) is 0 Å². The maximum atomic E-state index is 8.87. The molecule has 0 aliphatic carbocycles. The Morgan fingerprint density at radius 3 is 2.76 bits per heavy atom. The van der Waals surface area contributed by atoms with Crippen molar-refractivity contribution in [3.05, 3.63) is 6.33 Å². The molecule has 0 amide bonds. The first kappa shape index (κ1) is 14.1. The number of anilines is 2. The fraction of sp³-hybridized carbons (Fsp3) is 0.643. The lowest BCUT2D eigenvalue weighted by molar-refractivity contribution is 0.292. The predicted octanol–water partition coefficient (Wildman–Crippen LogP) is 1.53. The highest BCUT2D eigenvalue weighted by Crippen LogP contribution is 2.25. The number of aliphatic hydroxyl groups excluding tert-OH is 1. The number of aromatic amines is 1. The van der Waals surface area contributed by atoms with Crippen LogP contribution >= 0.6 is 0 Å². The normalized spacial score (nSPS) is 16.1. The molecule has 0 bridgehead atoms. The molecular weight excluding hydrogens is 268 g/mol. The summed E-state index contributed by atoms with van der Waals surface area (Å²) in [5.41, 5.74) is 1.60. The quantitative estimate of drug-likeness (QED) is 0.724. The Kier molecular flexibility index (Phi) is 4.49. The highest BCUT2D eigenvalue weighted by Gasteiger charge is 2.17. The van der Waals surface area contributed by atoms with E-state index in [9.17, 15) is 0 Å². The summed E-state index contributed by atoms with van der Waals surface area (Å²) in [5.74, 6) is 1.52. The lowest BCUT2D eigenvalue weighted by Gasteiger charge is -2.22. The zero-order valence-corrected chi connectivity index (χ0v) is 12.2. The molecule has 0 unspecified atom stereocenters. The molecule has 2 aromatic heterocycles. The van der Waals surface area contributed by atoms with Crippen LogP contribution in [0.4, 0.5) is 11.8 Å². The standard InChI is InChI=1S/C14H22N6O/c21-9-5-6-15-14-18-12-11(16-10-17-12)13(19-14)20-7-3-1-2-4-8-20/h10,21H,1-9H2,(H2,15,16,17,18,19). The summed E-state index contributed by atoms with van der Waals surface area (Å²) in [5, 5.41) is 12.0. The molecule has 7 nitrogen and oxygen atoms in total. The minimum absolute atomic E-state index is 0.163. The van der Waals surface area contributed by atoms with Crippen molar-refractivity contribution < 1.29 is 5.11 Å². The van der Waals surface area contributed by atoms with Crippen LogP contribution in [-0.2, 0) is 0 Å². The number of nitrogens with zero attached hydrogens (tertiary/aromatic N) is 4. The Balaban J connectivity index is 1.89. The fourth-order valence-electron chi connectivity index (χ4n) is 2.69. The van der Waals surface area contributed by atoms with Gasteiger partial charge < -0.3 is 20.3 Å². The minimum Gasteiger partial charge on any atom is -0.396 e. The summed E-state index contributed by atoms with van der Waals surface area (Å²) in [7, 11) is 0. The summed E-state index contributed by atoms with van der Waals surface area (Å²) in [6.45, 7) is 2.88. The van der Waals surface area contributed by atoms with Crippen molar-refractivity contribution in [1.29, 1.82) is 0 Å². The first-order valence-corrected chi connectivity index (χ1v) is 7.69. The molecule has 3 rings (SSSR count). The van der Waals surface area contributed by atoms with Crippen LogP contribution in [0.15, 0.2) is 6.33 Å². The van der Waals surface area contributed by atoms with Crippen LogP contribution in [0.1, 0.15) is 32.1 Å². The predicted molar refractivity (Wildman–Crippen MR) is 82.6 cm³/mol. The number of aliphatic hydroxyl groups is 1. The van der Waals surface area contributed by atoms with Gasteiger partial charge in [-0.25, -0.2) is 4.98 Å². The Morgan fingerprint density at radius 2 is 2.00 bits per heavy atom. The summed E-state index contributed by atoms with van der Waals surface area (Å²) < 4.78 is 0. The van der Waals surface area contributed by atoms with E-state index in [0.29, 0.717) is 24.6 Å². The second kappa shape index (κ2) is 6.71. The van der Waals surface area contributed by atoms with Gasteiger partial charge >= 0.3 is 0 Å². The molecule has 0 atom stereocenters. The molecule has 114 valence electrons. The van der Waals surface area contributed by atoms with Crippen molar-refractivity contribution in [2.24, 2.45) is 0 Å². The van der Waals surface area contributed by atoms with Gasteiger partial charge in [0, 0.05) is 26.2 Å². The molecule has 1 aliphatic heterocycles. The molecule has 0 aromatic carbocycles. The Labute approximate surface area is 123 Å². The third-order valence-corrected chi connectivity index (χ3v) is 3.79. The smallest absolute Gasteiger partial charge is 0.226 e. The number of fused-ring (bicyclic) bond motifs is 1. The van der Waals surface area contributed by atoms with Gasteiger partial charge in [0.25, 0.3) is 0 Å². The van der Waals surface area contributed by atoms with Crippen LogP contribution in [0.2, 0.25) is 0 Å². The number of aromatic nitrogens is 4. The van der Waals surface area contributed by atoms with Crippen LogP contribution in [0.3, 0.4) is 0 Å². The second-order valence-electron chi connectivity index (χ2n) is 5.38. The van der Waals surface area contributed by atoms with Gasteiger partial charge in [-0.2, -0.15) is 9.97 Å². The van der Waals surface area contributed by atoms with Gasteiger partial charge in [-0.15, -0.1) is 0 Å². The highest BCUT2D eigenvalue weighted by molar-refractivity contribution is 5.84. The monoisotopic (exact) mass is 290 g/mol. The summed E-state index contributed by atoms with van der Waals surface area (Å²) in [6, 6.07) is 0. The summed E-state index contributed by atoms with van der Waals surface area (Å²) >= 11 is 0. The topological polar surface area (TPSA) is 90.0 Å². The molecule has 2 aromatic rings. The average Bonchev–Trinajstić information content (AvgIpc) is 2.80. The minimum atomic E-state index is 0.163. The van der Waals surface area contributed by atoms with Crippen molar-refractivity contribution in [2.45, 2.75) is 32.1 Å². The lowest BCUT2D eigenvalue weighted by atomic mass is 10.2. The molecule has 3 N–H and O–H groups in total. The van der Waals surface area contributed by atoms with E-state index in [4.69, 9.17) is 5.11 Å². The SMILES string of the molecule is OCCCNc1nc(N2CCCCCC2)c2[nH]cnc2n1. The number of nitrogens with one attached hydrogen (secondary N) is 2. The zero-order chi connectivity index (χ0) is 14.5. The largest absolute Gasteiger partial charge is 0.396 e. The Bertz CT molecular complexity index is 576. The van der Waals surface area contributed by atoms with Crippen LogP contribution in [0, 0.1) is 0 Å². The van der Waals surface area contributed by atoms with Crippen molar-refractivity contribution in [3.63, 3.8) is 0 Å². The van der Waals surface area contributed by atoms with Crippen molar-refractivity contribution in [2.75, 3.05) is 36.5 Å².